The smallest absolute Gasteiger partial charge is 0.177 e. The number of hydrogen-bond acceptors (Lipinski definition) is 3. The van der Waals surface area contributed by atoms with Crippen molar-refractivity contribution in [2.24, 2.45) is 16.3 Å². The Bertz CT molecular complexity index is 859. The number of nitrogens with one attached hydrogen (secondary N) is 1. The van der Waals surface area contributed by atoms with Crippen molar-refractivity contribution >= 4 is 17.3 Å². The lowest BCUT2D eigenvalue weighted by Crippen LogP contribution is -2.43. The minimum Gasteiger partial charge on any atom is -0.299 e. The lowest BCUT2D eigenvalue weighted by molar-refractivity contribution is -0.124. The topological polar surface area (TPSA) is 58.1 Å². The first-order chi connectivity index (χ1) is 12.2. The Morgan fingerprint density at radius 1 is 1.08 bits per heavy atom. The number of carbonyl (C=O) groups is 1. The van der Waals surface area contributed by atoms with Crippen molar-refractivity contribution in [1.29, 1.82) is 0 Å². The maximum absolute atomic E-state index is 13.3. The zero-order valence-electron chi connectivity index (χ0n) is 14.6. The van der Waals surface area contributed by atoms with Crippen molar-refractivity contribution in [3.8, 4) is 0 Å². The number of rotatable bonds is 1. The highest BCUT2D eigenvalue weighted by Gasteiger charge is 2.50. The van der Waals surface area contributed by atoms with Crippen LogP contribution < -0.4 is 0 Å². The highest BCUT2D eigenvalue weighted by atomic mass is 16.1. The number of fused-ring (bicyclic) bond motifs is 2. The molecule has 4 heteroatoms. The standard InChI is InChI=1S/C21H23N3O/c1-13-17-18(14-7-3-2-4-8-14)19-15(22-20(17)24-23-13)11-21(12-16(19)25)9-5-6-10-21/h2-4,7-8,18-19H,5-6,9-12H2,1H3,(H,23,24). The molecule has 1 aliphatic heterocycles. The summed E-state index contributed by atoms with van der Waals surface area (Å²) in [6.07, 6.45) is 6.55. The molecule has 25 heavy (non-hydrogen) atoms. The largest absolute Gasteiger partial charge is 0.299 e. The van der Waals surface area contributed by atoms with Gasteiger partial charge in [0.1, 0.15) is 5.78 Å². The summed E-state index contributed by atoms with van der Waals surface area (Å²) in [4.78, 5) is 18.2. The zero-order chi connectivity index (χ0) is 17.0. The van der Waals surface area contributed by atoms with Gasteiger partial charge in [-0.05, 0) is 37.2 Å². The summed E-state index contributed by atoms with van der Waals surface area (Å²) in [5, 5.41) is 7.54. The maximum atomic E-state index is 13.3. The highest BCUT2D eigenvalue weighted by Crippen LogP contribution is 2.54. The van der Waals surface area contributed by atoms with Crippen LogP contribution in [-0.2, 0) is 4.79 Å². The van der Waals surface area contributed by atoms with E-state index in [1.165, 1.54) is 31.2 Å². The number of hydrogen-bond donors (Lipinski definition) is 1. The fourth-order valence-electron chi connectivity index (χ4n) is 5.39. The van der Waals surface area contributed by atoms with E-state index in [0.717, 1.165) is 35.6 Å². The second-order valence-corrected chi connectivity index (χ2v) is 8.08. The molecule has 2 atom stereocenters. The molecule has 2 aromatic rings. The fraction of sp³-hybridized carbons (Fsp3) is 0.476. The number of Topliss-reactive ketones (excluding diaryl/α,β-unsaturated/α-hetero) is 1. The minimum atomic E-state index is -0.113. The molecule has 2 unspecified atom stereocenters. The number of ketones is 1. The van der Waals surface area contributed by atoms with Crippen molar-refractivity contribution in [3.63, 3.8) is 0 Å². The molecule has 1 aromatic heterocycles. The van der Waals surface area contributed by atoms with Gasteiger partial charge in [0.2, 0.25) is 0 Å². The van der Waals surface area contributed by atoms with E-state index in [-0.39, 0.29) is 17.3 Å². The summed E-state index contributed by atoms with van der Waals surface area (Å²) in [7, 11) is 0. The number of H-pyrrole nitrogens is 1. The molecule has 2 fully saturated rings. The fourth-order valence-corrected chi connectivity index (χ4v) is 5.39. The molecule has 1 spiro atoms. The van der Waals surface area contributed by atoms with Crippen LogP contribution in [0.3, 0.4) is 0 Å². The van der Waals surface area contributed by atoms with Crippen LogP contribution in [0.25, 0.3) is 0 Å². The molecule has 2 saturated carbocycles. The maximum Gasteiger partial charge on any atom is 0.177 e. The molecule has 0 radical (unpaired) electrons. The van der Waals surface area contributed by atoms with Crippen molar-refractivity contribution < 1.29 is 4.79 Å². The average molecular weight is 333 g/mol. The summed E-state index contributed by atoms with van der Waals surface area (Å²) in [5.74, 6) is 1.11. The number of aromatic nitrogens is 2. The van der Waals surface area contributed by atoms with Crippen LogP contribution >= 0.6 is 0 Å². The summed E-state index contributed by atoms with van der Waals surface area (Å²) in [5.41, 5.74) is 4.58. The number of aliphatic imine (C=N–C) groups is 1. The van der Waals surface area contributed by atoms with Gasteiger partial charge < -0.3 is 0 Å². The molecule has 0 saturated heterocycles. The van der Waals surface area contributed by atoms with E-state index in [2.05, 4.69) is 34.5 Å². The lowest BCUT2D eigenvalue weighted by Gasteiger charge is -2.41. The Hall–Kier alpha value is -2.23. The third-order valence-corrected chi connectivity index (χ3v) is 6.50. The van der Waals surface area contributed by atoms with Crippen LogP contribution in [0, 0.1) is 18.3 Å². The Labute approximate surface area is 147 Å². The predicted octanol–water partition coefficient (Wildman–Crippen LogP) is 4.48. The SMILES string of the molecule is Cc1[nH]nc2c1C(c1ccccc1)C1C(=O)CC3(CCCC3)CC1=N2. The highest BCUT2D eigenvalue weighted by molar-refractivity contribution is 6.11. The molecular weight excluding hydrogens is 310 g/mol. The van der Waals surface area contributed by atoms with E-state index >= 15 is 0 Å². The van der Waals surface area contributed by atoms with Gasteiger partial charge in [-0.15, -0.1) is 0 Å². The first-order valence-electron chi connectivity index (χ1n) is 9.37. The number of carbonyl (C=O) groups excluding carboxylic acids is 1. The van der Waals surface area contributed by atoms with E-state index in [0.29, 0.717) is 5.78 Å². The lowest BCUT2D eigenvalue weighted by atomic mass is 9.62. The van der Waals surface area contributed by atoms with Gasteiger partial charge in [0.15, 0.2) is 5.82 Å². The van der Waals surface area contributed by atoms with Crippen molar-refractivity contribution in [2.75, 3.05) is 0 Å². The number of aryl methyl sites for hydroxylation is 1. The Kier molecular flexibility index (Phi) is 3.24. The van der Waals surface area contributed by atoms with Gasteiger partial charge in [0, 0.05) is 29.3 Å². The number of benzene rings is 1. The van der Waals surface area contributed by atoms with Crippen LogP contribution in [0.1, 0.15) is 61.3 Å². The van der Waals surface area contributed by atoms with Gasteiger partial charge in [-0.3, -0.25) is 9.89 Å². The normalized spacial score (nSPS) is 27.1. The Morgan fingerprint density at radius 3 is 2.60 bits per heavy atom. The molecule has 1 aromatic carbocycles. The van der Waals surface area contributed by atoms with Gasteiger partial charge >= 0.3 is 0 Å². The second kappa shape index (κ2) is 5.38. The first-order valence-corrected chi connectivity index (χ1v) is 9.37. The molecule has 5 rings (SSSR count). The van der Waals surface area contributed by atoms with Crippen molar-refractivity contribution in [3.05, 3.63) is 47.2 Å². The van der Waals surface area contributed by atoms with Gasteiger partial charge in [0.05, 0.1) is 5.92 Å². The quantitative estimate of drug-likeness (QED) is 0.836. The third-order valence-electron chi connectivity index (χ3n) is 6.50. The summed E-state index contributed by atoms with van der Waals surface area (Å²) in [6, 6.07) is 10.4. The van der Waals surface area contributed by atoms with E-state index in [1.807, 2.05) is 13.0 Å². The Morgan fingerprint density at radius 2 is 1.84 bits per heavy atom. The molecular formula is C21H23N3O. The van der Waals surface area contributed by atoms with Gasteiger partial charge in [-0.2, -0.15) is 5.10 Å². The van der Waals surface area contributed by atoms with E-state index in [1.54, 1.807) is 0 Å². The summed E-state index contributed by atoms with van der Waals surface area (Å²) in [6.45, 7) is 2.04. The third kappa shape index (κ3) is 2.23. The van der Waals surface area contributed by atoms with Gasteiger partial charge in [-0.25, -0.2) is 4.99 Å². The molecule has 0 bridgehead atoms. The van der Waals surface area contributed by atoms with E-state index < -0.39 is 0 Å². The average Bonchev–Trinajstić information content (AvgIpc) is 3.21. The predicted molar refractivity (Wildman–Crippen MR) is 97.3 cm³/mol. The Balaban J connectivity index is 1.66. The van der Waals surface area contributed by atoms with Crippen LogP contribution in [-0.4, -0.2) is 21.7 Å². The van der Waals surface area contributed by atoms with Crippen LogP contribution in [0.5, 0.6) is 0 Å². The molecule has 128 valence electrons. The summed E-state index contributed by atoms with van der Waals surface area (Å²) >= 11 is 0. The molecule has 3 aliphatic rings. The first kappa shape index (κ1) is 15.1. The van der Waals surface area contributed by atoms with Crippen LogP contribution in [0.4, 0.5) is 5.82 Å². The van der Waals surface area contributed by atoms with Crippen molar-refractivity contribution in [1.82, 2.24) is 10.2 Å². The molecule has 1 N–H and O–H groups in total. The number of nitrogens with zero attached hydrogens (tertiary/aromatic N) is 2. The zero-order valence-corrected chi connectivity index (χ0v) is 14.6. The molecule has 2 heterocycles. The van der Waals surface area contributed by atoms with E-state index in [9.17, 15) is 4.79 Å². The summed E-state index contributed by atoms with van der Waals surface area (Å²) < 4.78 is 0. The monoisotopic (exact) mass is 333 g/mol. The van der Waals surface area contributed by atoms with Crippen LogP contribution in [0.2, 0.25) is 0 Å². The van der Waals surface area contributed by atoms with Crippen molar-refractivity contribution in [2.45, 2.75) is 51.4 Å². The van der Waals surface area contributed by atoms with E-state index in [4.69, 9.17) is 4.99 Å². The second-order valence-electron chi connectivity index (χ2n) is 8.08. The molecule has 0 amide bonds. The number of aromatic amines is 1. The van der Waals surface area contributed by atoms with Gasteiger partial charge in [-0.1, -0.05) is 43.2 Å². The van der Waals surface area contributed by atoms with Crippen LogP contribution in [0.15, 0.2) is 35.3 Å². The molecule has 4 nitrogen and oxygen atoms in total. The van der Waals surface area contributed by atoms with Gasteiger partial charge in [0.25, 0.3) is 0 Å². The minimum absolute atomic E-state index is 0.0497. The molecule has 2 aliphatic carbocycles.